The second-order valence-electron chi connectivity index (χ2n) is 12.1. The van der Waals surface area contributed by atoms with Gasteiger partial charge in [0.1, 0.15) is 0 Å². The monoisotopic (exact) mass is 630 g/mol. The highest BCUT2D eigenvalue weighted by molar-refractivity contribution is 7.99. The maximum atomic E-state index is 5.31. The number of aromatic nitrogens is 2. The van der Waals surface area contributed by atoms with Gasteiger partial charge in [-0.3, -0.25) is 0 Å². The van der Waals surface area contributed by atoms with Crippen molar-refractivity contribution in [1.29, 1.82) is 0 Å². The highest BCUT2D eigenvalue weighted by atomic mass is 32.2. The van der Waals surface area contributed by atoms with E-state index in [1.54, 1.807) is 0 Å². The van der Waals surface area contributed by atoms with Gasteiger partial charge in [-0.05, 0) is 57.6 Å². The van der Waals surface area contributed by atoms with Crippen LogP contribution in [0.4, 0.5) is 0 Å². The van der Waals surface area contributed by atoms with Crippen molar-refractivity contribution in [2.24, 2.45) is 0 Å². The van der Waals surface area contributed by atoms with Gasteiger partial charge >= 0.3 is 0 Å². The average molecular weight is 631 g/mol. The molecular weight excluding hydrogens is 601 g/mol. The summed E-state index contributed by atoms with van der Waals surface area (Å²) in [6.45, 7) is 0. The first kappa shape index (κ1) is 28.5. The van der Waals surface area contributed by atoms with E-state index in [0.717, 1.165) is 33.5 Å². The summed E-state index contributed by atoms with van der Waals surface area (Å²) in [6, 6.07) is 65.0. The SMILES string of the molecule is c1ccc(-c2ccc(-c3nc(-c4ccc5c(c4)C(c4ccccc4)(c4ccccc4)c4ccccc4S5)nc4ccccc34)cc2)cc1. The second kappa shape index (κ2) is 11.8. The van der Waals surface area contributed by atoms with Crippen LogP contribution in [0.15, 0.2) is 192 Å². The molecule has 0 saturated carbocycles. The largest absolute Gasteiger partial charge is 0.228 e. The Morgan fingerprint density at radius 1 is 0.396 bits per heavy atom. The van der Waals surface area contributed by atoms with Crippen molar-refractivity contribution in [2.75, 3.05) is 0 Å². The molecule has 0 aliphatic carbocycles. The highest BCUT2D eigenvalue weighted by Crippen LogP contribution is 2.56. The second-order valence-corrected chi connectivity index (χ2v) is 13.2. The molecule has 0 N–H and O–H groups in total. The van der Waals surface area contributed by atoms with Crippen LogP contribution in [-0.4, -0.2) is 9.97 Å². The van der Waals surface area contributed by atoms with Crippen LogP contribution < -0.4 is 0 Å². The van der Waals surface area contributed by atoms with Crippen LogP contribution in [0.25, 0.3) is 44.7 Å². The molecule has 1 aliphatic rings. The molecule has 0 atom stereocenters. The number of nitrogens with zero attached hydrogens (tertiary/aromatic N) is 2. The normalized spacial score (nSPS) is 13.1. The summed E-state index contributed by atoms with van der Waals surface area (Å²) >= 11 is 1.84. The fraction of sp³-hybridized carbons (Fsp3) is 0.0222. The Kier molecular flexibility index (Phi) is 6.99. The molecule has 0 fully saturated rings. The van der Waals surface area contributed by atoms with Crippen molar-refractivity contribution < 1.29 is 0 Å². The minimum atomic E-state index is -0.511. The maximum absolute atomic E-state index is 5.31. The summed E-state index contributed by atoms with van der Waals surface area (Å²) in [5, 5.41) is 1.04. The van der Waals surface area contributed by atoms with Gasteiger partial charge in [0.25, 0.3) is 0 Å². The van der Waals surface area contributed by atoms with Crippen LogP contribution in [0.5, 0.6) is 0 Å². The van der Waals surface area contributed by atoms with Crippen LogP contribution in [0.1, 0.15) is 22.3 Å². The summed E-state index contributed by atoms with van der Waals surface area (Å²) in [6.07, 6.45) is 0. The van der Waals surface area contributed by atoms with Gasteiger partial charge in [0.15, 0.2) is 5.82 Å². The molecule has 48 heavy (non-hydrogen) atoms. The van der Waals surface area contributed by atoms with E-state index in [0.29, 0.717) is 0 Å². The van der Waals surface area contributed by atoms with Crippen molar-refractivity contribution in [3.8, 4) is 33.8 Å². The van der Waals surface area contributed by atoms with Crippen LogP contribution >= 0.6 is 11.8 Å². The molecule has 3 heteroatoms. The predicted octanol–water partition coefficient (Wildman–Crippen LogP) is 11.5. The fourth-order valence-electron chi connectivity index (χ4n) is 7.22. The van der Waals surface area contributed by atoms with Gasteiger partial charge in [0.2, 0.25) is 0 Å². The lowest BCUT2D eigenvalue weighted by molar-refractivity contribution is 0.703. The number of para-hydroxylation sites is 1. The lowest BCUT2D eigenvalue weighted by Gasteiger charge is -2.42. The molecule has 0 bridgehead atoms. The molecule has 226 valence electrons. The number of fused-ring (bicyclic) bond motifs is 3. The summed E-state index contributed by atoms with van der Waals surface area (Å²) in [7, 11) is 0. The zero-order valence-corrected chi connectivity index (χ0v) is 26.9. The molecule has 8 aromatic rings. The lowest BCUT2D eigenvalue weighted by Crippen LogP contribution is -2.34. The molecule has 7 aromatic carbocycles. The zero-order valence-electron chi connectivity index (χ0n) is 26.1. The van der Waals surface area contributed by atoms with Gasteiger partial charge in [-0.2, -0.15) is 0 Å². The Labute approximate surface area is 284 Å². The van der Waals surface area contributed by atoms with E-state index in [-0.39, 0.29) is 0 Å². The molecule has 0 spiro atoms. The molecule has 1 aromatic heterocycles. The lowest BCUT2D eigenvalue weighted by atomic mass is 9.64. The molecule has 1 aliphatic heterocycles. The van der Waals surface area contributed by atoms with E-state index in [1.807, 2.05) is 17.8 Å². The minimum absolute atomic E-state index is 0.511. The smallest absolute Gasteiger partial charge is 0.160 e. The zero-order chi connectivity index (χ0) is 31.9. The van der Waals surface area contributed by atoms with Crippen molar-refractivity contribution in [1.82, 2.24) is 9.97 Å². The summed E-state index contributed by atoms with van der Waals surface area (Å²) in [5.74, 6) is 0.720. The Morgan fingerprint density at radius 3 is 1.67 bits per heavy atom. The Balaban J connectivity index is 1.26. The van der Waals surface area contributed by atoms with Crippen LogP contribution in [-0.2, 0) is 5.41 Å². The molecule has 0 saturated heterocycles. The average Bonchev–Trinajstić information content (AvgIpc) is 3.17. The minimum Gasteiger partial charge on any atom is -0.228 e. The van der Waals surface area contributed by atoms with Gasteiger partial charge in [-0.15, -0.1) is 0 Å². The number of hydrogen-bond acceptors (Lipinski definition) is 3. The number of hydrogen-bond donors (Lipinski definition) is 0. The van der Waals surface area contributed by atoms with Crippen molar-refractivity contribution in [3.05, 3.63) is 204 Å². The maximum Gasteiger partial charge on any atom is 0.160 e. The summed E-state index contributed by atoms with van der Waals surface area (Å²) in [5.41, 5.74) is 10.8. The molecule has 9 rings (SSSR count). The van der Waals surface area contributed by atoms with Crippen molar-refractivity contribution >= 4 is 22.7 Å². The molecule has 0 radical (unpaired) electrons. The summed E-state index contributed by atoms with van der Waals surface area (Å²) < 4.78 is 0. The third-order valence-corrected chi connectivity index (χ3v) is 10.6. The van der Waals surface area contributed by atoms with Gasteiger partial charge in [0.05, 0.1) is 16.6 Å². The number of rotatable bonds is 5. The fourth-order valence-corrected chi connectivity index (χ4v) is 8.39. The highest BCUT2D eigenvalue weighted by Gasteiger charge is 2.44. The van der Waals surface area contributed by atoms with E-state index < -0.39 is 5.41 Å². The quantitative estimate of drug-likeness (QED) is 0.189. The first-order chi connectivity index (χ1) is 23.8. The van der Waals surface area contributed by atoms with Gasteiger partial charge in [-0.1, -0.05) is 169 Å². The molecule has 2 heterocycles. The van der Waals surface area contributed by atoms with Crippen molar-refractivity contribution in [2.45, 2.75) is 15.2 Å². The first-order valence-electron chi connectivity index (χ1n) is 16.2. The molecule has 0 unspecified atom stereocenters. The predicted molar refractivity (Wildman–Crippen MR) is 198 cm³/mol. The Bertz CT molecular complexity index is 2360. The topological polar surface area (TPSA) is 25.8 Å². The molecule has 0 amide bonds. The van der Waals surface area contributed by atoms with E-state index in [1.165, 1.54) is 43.2 Å². The Hall–Kier alpha value is -5.77. The van der Waals surface area contributed by atoms with E-state index in [9.17, 15) is 0 Å². The first-order valence-corrected chi connectivity index (χ1v) is 17.1. The number of benzene rings is 7. The van der Waals surface area contributed by atoms with Gasteiger partial charge in [-0.25, -0.2) is 9.97 Å². The Morgan fingerprint density at radius 2 is 0.938 bits per heavy atom. The standard InChI is InChI=1S/C45H30N2S/c1-4-14-31(15-5-1)32-24-26-33(27-25-32)43-37-20-10-12-22-40(37)46-44(47-43)34-28-29-42-39(30-34)45(35-16-6-2-7-17-35,36-18-8-3-9-19-36)38-21-11-13-23-41(38)48-42/h1-30H. The van der Waals surface area contributed by atoms with Crippen LogP contribution in [0.2, 0.25) is 0 Å². The molecule has 2 nitrogen and oxygen atoms in total. The van der Waals surface area contributed by atoms with E-state index in [4.69, 9.17) is 9.97 Å². The van der Waals surface area contributed by atoms with E-state index >= 15 is 0 Å². The summed E-state index contributed by atoms with van der Waals surface area (Å²) in [4.78, 5) is 13.0. The van der Waals surface area contributed by atoms with Crippen molar-refractivity contribution in [3.63, 3.8) is 0 Å². The van der Waals surface area contributed by atoms with Crippen LogP contribution in [0, 0.1) is 0 Å². The van der Waals surface area contributed by atoms with Gasteiger partial charge in [0, 0.05) is 26.3 Å². The molecular formula is C45H30N2S. The van der Waals surface area contributed by atoms with Crippen LogP contribution in [0.3, 0.4) is 0 Å². The van der Waals surface area contributed by atoms with Gasteiger partial charge < -0.3 is 0 Å². The third-order valence-electron chi connectivity index (χ3n) is 9.44. The third kappa shape index (κ3) is 4.66. The van der Waals surface area contributed by atoms with E-state index in [2.05, 4.69) is 176 Å².